The minimum absolute atomic E-state index is 0.289. The van der Waals surface area contributed by atoms with E-state index in [-0.39, 0.29) is 18.3 Å². The van der Waals surface area contributed by atoms with Gasteiger partial charge in [-0.3, -0.25) is 19.8 Å². The van der Waals surface area contributed by atoms with Gasteiger partial charge in [0.2, 0.25) is 0 Å². The fraction of sp³-hybridized carbons (Fsp3) is 0.632. The molecule has 25 heavy (non-hydrogen) atoms. The third-order valence-electron chi connectivity index (χ3n) is 4.81. The van der Waals surface area contributed by atoms with Crippen molar-refractivity contribution in [1.82, 2.24) is 15.3 Å². The second kappa shape index (κ2) is 8.76. The largest absolute Gasteiger partial charge is 0.378 e. The van der Waals surface area contributed by atoms with Crippen LogP contribution in [-0.2, 0) is 6.54 Å². The molecule has 0 spiro atoms. The molecule has 1 saturated heterocycles. The Morgan fingerprint density at radius 3 is 2.24 bits per heavy atom. The Morgan fingerprint density at radius 2 is 1.76 bits per heavy atom. The molecule has 1 aliphatic heterocycles. The monoisotopic (exact) mass is 349 g/mol. The number of carbonyl (C=O) groups excluding carboxylic acids is 1. The lowest BCUT2D eigenvalue weighted by molar-refractivity contribution is -0.0920. The van der Waals surface area contributed by atoms with E-state index in [2.05, 4.69) is 37.5 Å². The Balaban J connectivity index is 1.96. The maximum absolute atomic E-state index is 11.4. The van der Waals surface area contributed by atoms with Crippen LogP contribution in [0.1, 0.15) is 50.0 Å². The summed E-state index contributed by atoms with van der Waals surface area (Å²) < 4.78 is 0. The molecule has 140 valence electrons. The highest BCUT2D eigenvalue weighted by Crippen LogP contribution is 2.22. The van der Waals surface area contributed by atoms with Crippen LogP contribution in [-0.4, -0.2) is 57.4 Å². The number of hydroxylamine groups is 1. The molecular formula is C19H31N3O3. The van der Waals surface area contributed by atoms with E-state index in [1.807, 2.05) is 12.1 Å². The van der Waals surface area contributed by atoms with Gasteiger partial charge in [-0.1, -0.05) is 26.0 Å². The van der Waals surface area contributed by atoms with Gasteiger partial charge in [0.25, 0.3) is 5.91 Å². The fourth-order valence-electron chi connectivity index (χ4n) is 3.79. The van der Waals surface area contributed by atoms with E-state index in [9.17, 15) is 9.90 Å². The summed E-state index contributed by atoms with van der Waals surface area (Å²) in [4.78, 5) is 16.0. The maximum Gasteiger partial charge on any atom is 0.274 e. The first-order chi connectivity index (χ1) is 11.8. The maximum atomic E-state index is 11.4. The van der Waals surface area contributed by atoms with Crippen molar-refractivity contribution < 1.29 is 15.1 Å². The van der Waals surface area contributed by atoms with E-state index in [0.717, 1.165) is 31.6 Å². The molecule has 2 rings (SSSR count). The molecule has 0 radical (unpaired) electrons. The summed E-state index contributed by atoms with van der Waals surface area (Å²) in [5.41, 5.74) is 3.21. The average Bonchev–Trinajstić information content (AvgIpc) is 2.53. The molecule has 1 heterocycles. The molecule has 1 aromatic rings. The number of aliphatic hydroxyl groups excluding tert-OH is 1. The Labute approximate surface area is 150 Å². The molecule has 0 aliphatic carbocycles. The minimum atomic E-state index is -0.499. The van der Waals surface area contributed by atoms with Crippen molar-refractivity contribution in [2.75, 3.05) is 13.1 Å². The molecule has 1 aliphatic rings. The molecule has 1 amide bonds. The average molecular weight is 349 g/mol. The van der Waals surface area contributed by atoms with Gasteiger partial charge in [-0.05, 0) is 43.9 Å². The Kier molecular flexibility index (Phi) is 6.95. The van der Waals surface area contributed by atoms with Crippen LogP contribution in [0.2, 0.25) is 0 Å². The van der Waals surface area contributed by atoms with Gasteiger partial charge in [-0.2, -0.15) is 0 Å². The molecule has 0 bridgehead atoms. The summed E-state index contributed by atoms with van der Waals surface area (Å²) in [6.45, 7) is 11.2. The molecule has 1 aromatic carbocycles. The zero-order chi connectivity index (χ0) is 18.6. The zero-order valence-corrected chi connectivity index (χ0v) is 15.6. The molecule has 3 atom stereocenters. The van der Waals surface area contributed by atoms with Crippen LogP contribution in [0.4, 0.5) is 0 Å². The summed E-state index contributed by atoms with van der Waals surface area (Å²) in [6.07, 6.45) is 0.409. The lowest BCUT2D eigenvalue weighted by Gasteiger charge is -2.47. The van der Waals surface area contributed by atoms with Crippen molar-refractivity contribution in [2.45, 2.75) is 59.0 Å². The van der Waals surface area contributed by atoms with E-state index in [1.165, 1.54) is 0 Å². The highest BCUT2D eigenvalue weighted by Gasteiger charge is 2.33. The second-order valence-electron chi connectivity index (χ2n) is 7.59. The number of rotatable bonds is 6. The summed E-state index contributed by atoms with van der Waals surface area (Å²) in [5, 5.41) is 19.2. The number of piperazine rings is 1. The van der Waals surface area contributed by atoms with Crippen molar-refractivity contribution in [3.05, 3.63) is 35.4 Å². The lowest BCUT2D eigenvalue weighted by Crippen LogP contribution is -2.59. The molecule has 0 aromatic heterocycles. The fourth-order valence-corrected chi connectivity index (χ4v) is 3.79. The first-order valence-electron chi connectivity index (χ1n) is 9.03. The number of nitrogens with zero attached hydrogens (tertiary/aromatic N) is 2. The van der Waals surface area contributed by atoms with E-state index in [0.29, 0.717) is 11.5 Å². The molecule has 1 unspecified atom stereocenters. The number of carbonyl (C=O) groups is 1. The summed E-state index contributed by atoms with van der Waals surface area (Å²) in [6, 6.07) is 7.85. The van der Waals surface area contributed by atoms with Crippen LogP contribution >= 0.6 is 0 Å². The summed E-state index contributed by atoms with van der Waals surface area (Å²) in [7, 11) is 0. The van der Waals surface area contributed by atoms with Gasteiger partial charge in [0.15, 0.2) is 0 Å². The number of aliphatic hydroxyl groups is 1. The first kappa shape index (κ1) is 19.8. The van der Waals surface area contributed by atoms with Crippen molar-refractivity contribution in [3.8, 4) is 0 Å². The van der Waals surface area contributed by atoms with Crippen molar-refractivity contribution >= 4 is 5.91 Å². The quantitative estimate of drug-likeness (QED) is 0.541. The Bertz CT molecular complexity index is 550. The van der Waals surface area contributed by atoms with Crippen molar-refractivity contribution in [1.29, 1.82) is 0 Å². The number of benzene rings is 1. The minimum Gasteiger partial charge on any atom is -0.378 e. The van der Waals surface area contributed by atoms with Gasteiger partial charge in [-0.25, -0.2) is 5.48 Å². The van der Waals surface area contributed by atoms with Crippen LogP contribution in [0.25, 0.3) is 0 Å². The van der Waals surface area contributed by atoms with Crippen LogP contribution in [0, 0.1) is 5.92 Å². The number of amides is 1. The molecule has 1 fully saturated rings. The normalized spacial score (nSPS) is 23.6. The summed E-state index contributed by atoms with van der Waals surface area (Å²) >= 11 is 0. The van der Waals surface area contributed by atoms with Crippen LogP contribution in [0.5, 0.6) is 0 Å². The molecule has 0 saturated carbocycles. The van der Waals surface area contributed by atoms with Crippen LogP contribution in [0.3, 0.4) is 0 Å². The predicted octanol–water partition coefficient (Wildman–Crippen LogP) is 2.06. The lowest BCUT2D eigenvalue weighted by atomic mass is 10.0. The van der Waals surface area contributed by atoms with Crippen molar-refractivity contribution in [2.24, 2.45) is 5.92 Å². The summed E-state index contributed by atoms with van der Waals surface area (Å²) in [5.74, 6) is -0.0244. The molecule has 6 heteroatoms. The van der Waals surface area contributed by atoms with Crippen LogP contribution < -0.4 is 5.48 Å². The smallest absolute Gasteiger partial charge is 0.274 e. The zero-order valence-electron chi connectivity index (χ0n) is 15.6. The first-order valence-corrected chi connectivity index (χ1v) is 9.03. The predicted molar refractivity (Wildman–Crippen MR) is 97.2 cm³/mol. The van der Waals surface area contributed by atoms with Gasteiger partial charge in [0.1, 0.15) is 6.23 Å². The van der Waals surface area contributed by atoms with Gasteiger partial charge < -0.3 is 5.11 Å². The molecule has 3 N–H and O–H groups in total. The van der Waals surface area contributed by atoms with Crippen LogP contribution in [0.15, 0.2) is 24.3 Å². The number of hydrogen-bond acceptors (Lipinski definition) is 5. The topological polar surface area (TPSA) is 76.0 Å². The van der Waals surface area contributed by atoms with E-state index < -0.39 is 5.91 Å². The van der Waals surface area contributed by atoms with E-state index in [1.54, 1.807) is 17.6 Å². The Hall–Kier alpha value is -1.47. The Morgan fingerprint density at radius 1 is 1.20 bits per heavy atom. The standard InChI is InChI=1S/C19H31N3O3/c1-13(2)9-18(23)22-14(3)10-21(11-15(22)4)12-16-5-7-17(8-6-16)19(24)20-25/h5-8,13-15,18,23,25H,9-12H2,1-4H3,(H,20,24)/t14-,15+,18?. The molecule has 6 nitrogen and oxygen atoms in total. The van der Waals surface area contributed by atoms with Gasteiger partial charge >= 0.3 is 0 Å². The third-order valence-corrected chi connectivity index (χ3v) is 4.81. The SMILES string of the molecule is CC(C)CC(O)N1[C@H](C)CN(Cc2ccc(C(=O)NO)cc2)C[C@@H]1C. The second-order valence-corrected chi connectivity index (χ2v) is 7.59. The van der Waals surface area contributed by atoms with Gasteiger partial charge in [-0.15, -0.1) is 0 Å². The highest BCUT2D eigenvalue weighted by molar-refractivity contribution is 5.93. The number of hydrogen-bond donors (Lipinski definition) is 3. The highest BCUT2D eigenvalue weighted by atomic mass is 16.5. The van der Waals surface area contributed by atoms with E-state index >= 15 is 0 Å². The van der Waals surface area contributed by atoms with Gasteiger partial charge in [0.05, 0.1) is 0 Å². The third kappa shape index (κ3) is 5.25. The van der Waals surface area contributed by atoms with Gasteiger partial charge in [0, 0.05) is 37.3 Å². The molecular weight excluding hydrogens is 318 g/mol. The van der Waals surface area contributed by atoms with Crippen molar-refractivity contribution in [3.63, 3.8) is 0 Å². The number of nitrogens with one attached hydrogen (secondary N) is 1. The van der Waals surface area contributed by atoms with E-state index in [4.69, 9.17) is 5.21 Å².